The van der Waals surface area contributed by atoms with E-state index in [1.807, 2.05) is 23.0 Å². The molecule has 0 unspecified atom stereocenters. The molecule has 1 aromatic carbocycles. The summed E-state index contributed by atoms with van der Waals surface area (Å²) in [6.45, 7) is 3.30. The van der Waals surface area contributed by atoms with E-state index < -0.39 is 5.82 Å². The van der Waals surface area contributed by atoms with Gasteiger partial charge in [0.2, 0.25) is 0 Å². The Kier molecular flexibility index (Phi) is 6.07. The SMILES string of the molecule is O=Cc1cc(F)ccc1-n1cc(C2CCN(CC3CCC(O)CC3)CC2)c2ccncc21. The first-order valence-corrected chi connectivity index (χ1v) is 11.7. The number of hydrogen-bond acceptors (Lipinski definition) is 4. The monoisotopic (exact) mass is 435 g/mol. The van der Waals surface area contributed by atoms with Crippen LogP contribution in [0.1, 0.15) is 60.4 Å². The molecule has 1 aliphatic heterocycles. The zero-order chi connectivity index (χ0) is 22.1. The molecule has 2 aromatic heterocycles. The van der Waals surface area contributed by atoms with Gasteiger partial charge in [0.25, 0.3) is 0 Å². The van der Waals surface area contributed by atoms with Crippen LogP contribution in [0.25, 0.3) is 16.6 Å². The first-order valence-electron chi connectivity index (χ1n) is 11.7. The van der Waals surface area contributed by atoms with Gasteiger partial charge in [-0.15, -0.1) is 0 Å². The van der Waals surface area contributed by atoms with Crippen LogP contribution in [0.2, 0.25) is 0 Å². The number of fused-ring (bicyclic) bond motifs is 1. The number of likely N-dealkylation sites (tertiary alicyclic amines) is 1. The van der Waals surface area contributed by atoms with Gasteiger partial charge in [-0.2, -0.15) is 0 Å². The highest BCUT2D eigenvalue weighted by molar-refractivity contribution is 5.88. The van der Waals surface area contributed by atoms with Crippen molar-refractivity contribution >= 4 is 17.2 Å². The number of aliphatic hydroxyl groups excluding tert-OH is 1. The molecule has 1 saturated carbocycles. The Morgan fingerprint density at radius 2 is 1.88 bits per heavy atom. The van der Waals surface area contributed by atoms with Crippen molar-refractivity contribution in [3.63, 3.8) is 0 Å². The van der Waals surface area contributed by atoms with E-state index in [9.17, 15) is 14.3 Å². The Morgan fingerprint density at radius 1 is 1.09 bits per heavy atom. The summed E-state index contributed by atoms with van der Waals surface area (Å²) in [5.41, 5.74) is 3.25. The second-order valence-electron chi connectivity index (χ2n) is 9.42. The lowest BCUT2D eigenvalue weighted by molar-refractivity contribution is 0.0883. The van der Waals surface area contributed by atoms with Crippen LogP contribution in [0.5, 0.6) is 0 Å². The van der Waals surface area contributed by atoms with E-state index in [0.717, 1.165) is 69.1 Å². The summed E-state index contributed by atoms with van der Waals surface area (Å²) < 4.78 is 15.7. The molecule has 1 aliphatic carbocycles. The van der Waals surface area contributed by atoms with Crippen LogP contribution in [-0.4, -0.2) is 51.6 Å². The molecule has 5 rings (SSSR count). The van der Waals surface area contributed by atoms with E-state index in [1.54, 1.807) is 6.07 Å². The van der Waals surface area contributed by atoms with Gasteiger partial charge < -0.3 is 14.6 Å². The van der Waals surface area contributed by atoms with Crippen molar-refractivity contribution in [2.24, 2.45) is 5.92 Å². The molecule has 0 amide bonds. The lowest BCUT2D eigenvalue weighted by atomic mass is 9.85. The van der Waals surface area contributed by atoms with Crippen LogP contribution in [0.4, 0.5) is 4.39 Å². The summed E-state index contributed by atoms with van der Waals surface area (Å²) >= 11 is 0. The highest BCUT2D eigenvalue weighted by atomic mass is 19.1. The summed E-state index contributed by atoms with van der Waals surface area (Å²) in [6, 6.07) is 6.39. The Morgan fingerprint density at radius 3 is 2.62 bits per heavy atom. The molecule has 168 valence electrons. The van der Waals surface area contributed by atoms with E-state index >= 15 is 0 Å². The molecule has 0 spiro atoms. The van der Waals surface area contributed by atoms with Crippen LogP contribution in [-0.2, 0) is 0 Å². The first-order chi connectivity index (χ1) is 15.6. The number of carbonyl (C=O) groups is 1. The van der Waals surface area contributed by atoms with Gasteiger partial charge in [-0.05, 0) is 93.3 Å². The topological polar surface area (TPSA) is 58.4 Å². The second kappa shape index (κ2) is 9.12. The average molecular weight is 436 g/mol. The van der Waals surface area contributed by atoms with Crippen LogP contribution in [0.3, 0.4) is 0 Å². The fourth-order valence-electron chi connectivity index (χ4n) is 5.58. The van der Waals surface area contributed by atoms with E-state index in [0.29, 0.717) is 29.4 Å². The molecule has 1 N–H and O–H groups in total. The van der Waals surface area contributed by atoms with E-state index in [4.69, 9.17) is 0 Å². The zero-order valence-electron chi connectivity index (χ0n) is 18.3. The van der Waals surface area contributed by atoms with Gasteiger partial charge in [0.1, 0.15) is 5.82 Å². The molecule has 0 atom stereocenters. The predicted molar refractivity (Wildman–Crippen MR) is 123 cm³/mol. The summed E-state index contributed by atoms with van der Waals surface area (Å²) in [5.74, 6) is 0.749. The maximum Gasteiger partial charge on any atom is 0.152 e. The Labute approximate surface area is 187 Å². The third-order valence-corrected chi connectivity index (χ3v) is 7.37. The highest BCUT2D eigenvalue weighted by Crippen LogP contribution is 2.36. The van der Waals surface area contributed by atoms with Crippen molar-refractivity contribution < 1.29 is 14.3 Å². The van der Waals surface area contributed by atoms with Crippen LogP contribution < -0.4 is 0 Å². The van der Waals surface area contributed by atoms with Gasteiger partial charge in [0.05, 0.1) is 23.5 Å². The highest BCUT2D eigenvalue weighted by Gasteiger charge is 2.27. The lowest BCUT2D eigenvalue weighted by Crippen LogP contribution is -2.37. The number of piperidine rings is 1. The standard InChI is InChI=1S/C26H30FN3O2/c27-21-3-6-25(20(13-21)17-31)30-16-24(23-7-10-28-14-26(23)30)19-8-11-29(12-9-19)15-18-1-4-22(32)5-2-18/h3,6-7,10,13-14,16-19,22,32H,1-2,4-5,8-9,11-12,15H2. The van der Waals surface area contributed by atoms with Gasteiger partial charge in [-0.25, -0.2) is 4.39 Å². The minimum atomic E-state index is -0.412. The molecule has 5 nitrogen and oxygen atoms in total. The van der Waals surface area contributed by atoms with Gasteiger partial charge in [0.15, 0.2) is 6.29 Å². The van der Waals surface area contributed by atoms with Crippen LogP contribution in [0.15, 0.2) is 42.9 Å². The summed E-state index contributed by atoms with van der Waals surface area (Å²) in [5, 5.41) is 10.9. The van der Waals surface area contributed by atoms with Crippen LogP contribution >= 0.6 is 0 Å². The number of halogens is 1. The van der Waals surface area contributed by atoms with E-state index in [2.05, 4.69) is 16.1 Å². The smallest absolute Gasteiger partial charge is 0.152 e. The maximum absolute atomic E-state index is 13.7. The van der Waals surface area contributed by atoms with E-state index in [1.165, 1.54) is 17.7 Å². The molecule has 3 aromatic rings. The lowest BCUT2D eigenvalue weighted by Gasteiger charge is -2.36. The molecule has 3 heterocycles. The number of aromatic nitrogens is 2. The molecule has 0 bridgehead atoms. The van der Waals surface area contributed by atoms with Gasteiger partial charge in [0, 0.05) is 29.9 Å². The number of carbonyl (C=O) groups excluding carboxylic acids is 1. The van der Waals surface area contributed by atoms with Crippen molar-refractivity contribution in [3.05, 3.63) is 59.8 Å². The normalized spacial score (nSPS) is 22.9. The van der Waals surface area contributed by atoms with Crippen molar-refractivity contribution in [3.8, 4) is 5.69 Å². The minimum absolute atomic E-state index is 0.0929. The van der Waals surface area contributed by atoms with Gasteiger partial charge in [-0.3, -0.25) is 9.78 Å². The predicted octanol–water partition coefficient (Wildman–Crippen LogP) is 4.71. The quantitative estimate of drug-likeness (QED) is 0.590. The molecular weight excluding hydrogens is 405 g/mol. The molecule has 2 aliphatic rings. The Hall–Kier alpha value is -2.57. The molecule has 1 saturated heterocycles. The number of nitrogens with zero attached hydrogens (tertiary/aromatic N) is 3. The average Bonchev–Trinajstić information content (AvgIpc) is 3.20. The number of aliphatic hydroxyl groups is 1. The summed E-state index contributed by atoms with van der Waals surface area (Å²) in [4.78, 5) is 18.5. The summed E-state index contributed by atoms with van der Waals surface area (Å²) in [7, 11) is 0. The maximum atomic E-state index is 13.7. The largest absolute Gasteiger partial charge is 0.393 e. The minimum Gasteiger partial charge on any atom is -0.393 e. The number of rotatable bonds is 5. The third kappa shape index (κ3) is 4.21. The zero-order valence-corrected chi connectivity index (χ0v) is 18.3. The molecule has 0 radical (unpaired) electrons. The van der Waals surface area contributed by atoms with Gasteiger partial charge in [-0.1, -0.05) is 0 Å². The molecule has 32 heavy (non-hydrogen) atoms. The van der Waals surface area contributed by atoms with Crippen molar-refractivity contribution in [2.75, 3.05) is 19.6 Å². The molecule has 2 fully saturated rings. The fourth-order valence-corrected chi connectivity index (χ4v) is 5.58. The number of benzene rings is 1. The number of pyridine rings is 1. The van der Waals surface area contributed by atoms with Crippen molar-refractivity contribution in [2.45, 2.75) is 50.5 Å². The fraction of sp³-hybridized carbons (Fsp3) is 0.462. The van der Waals surface area contributed by atoms with E-state index in [-0.39, 0.29) is 6.10 Å². The number of aldehydes is 1. The summed E-state index contributed by atoms with van der Waals surface area (Å²) in [6.07, 6.45) is 12.7. The second-order valence-corrected chi connectivity index (χ2v) is 9.42. The van der Waals surface area contributed by atoms with Gasteiger partial charge >= 0.3 is 0 Å². The van der Waals surface area contributed by atoms with Crippen LogP contribution in [0, 0.1) is 11.7 Å². The molecule has 6 heteroatoms. The van der Waals surface area contributed by atoms with Crippen molar-refractivity contribution in [1.82, 2.24) is 14.5 Å². The first kappa shape index (κ1) is 21.3. The third-order valence-electron chi connectivity index (χ3n) is 7.37. The van der Waals surface area contributed by atoms with Crippen molar-refractivity contribution in [1.29, 1.82) is 0 Å². The number of hydrogen-bond donors (Lipinski definition) is 1. The molecular formula is C26H30FN3O2. The Balaban J connectivity index is 1.36. The Bertz CT molecular complexity index is 1100.